The summed E-state index contributed by atoms with van der Waals surface area (Å²) in [7, 11) is 0. The number of aliphatic hydroxyl groups excluding tert-OH is 2. The second-order valence-corrected chi connectivity index (χ2v) is 4.91. The molecule has 0 fully saturated rings. The van der Waals surface area contributed by atoms with E-state index in [9.17, 15) is 5.11 Å². The minimum atomic E-state index is -0.513. The van der Waals surface area contributed by atoms with Crippen LogP contribution in [-0.2, 0) is 13.2 Å². The molecule has 1 atom stereocenters. The molecule has 0 amide bonds. The van der Waals surface area contributed by atoms with Gasteiger partial charge in [0.1, 0.15) is 11.0 Å². The Labute approximate surface area is 105 Å². The number of aromatic nitrogens is 1. The van der Waals surface area contributed by atoms with E-state index >= 15 is 0 Å². The van der Waals surface area contributed by atoms with Crippen LogP contribution in [0.15, 0.2) is 35.8 Å². The van der Waals surface area contributed by atoms with Gasteiger partial charge in [0.25, 0.3) is 0 Å². The lowest BCUT2D eigenvalue weighted by Crippen LogP contribution is -2.37. The van der Waals surface area contributed by atoms with Crippen molar-refractivity contribution in [3.63, 3.8) is 0 Å². The van der Waals surface area contributed by atoms with Crippen LogP contribution in [0.4, 0.5) is 0 Å². The summed E-state index contributed by atoms with van der Waals surface area (Å²) in [6, 6.07) is 9.61. The predicted molar refractivity (Wildman–Crippen MR) is 66.6 cm³/mol. The summed E-state index contributed by atoms with van der Waals surface area (Å²) < 4.78 is 1.98. The minimum Gasteiger partial charge on any atom is -0.391 e. The molecular formula is C13H16NO2S+. The van der Waals surface area contributed by atoms with Crippen LogP contribution in [0.2, 0.25) is 0 Å². The molecule has 1 aromatic carbocycles. The lowest BCUT2D eigenvalue weighted by molar-refractivity contribution is -0.706. The Morgan fingerprint density at radius 3 is 2.59 bits per heavy atom. The Hall–Kier alpha value is -1.23. The van der Waals surface area contributed by atoms with Crippen molar-refractivity contribution in [1.82, 2.24) is 0 Å². The van der Waals surface area contributed by atoms with Gasteiger partial charge in [0.2, 0.25) is 5.51 Å². The molecule has 0 spiro atoms. The average Bonchev–Trinajstić information content (AvgIpc) is 2.71. The van der Waals surface area contributed by atoms with Gasteiger partial charge in [-0.2, -0.15) is 4.57 Å². The molecule has 3 nitrogen and oxygen atoms in total. The molecule has 1 heterocycles. The fourth-order valence-electron chi connectivity index (χ4n) is 1.75. The van der Waals surface area contributed by atoms with Gasteiger partial charge in [0, 0.05) is 6.92 Å². The van der Waals surface area contributed by atoms with Crippen molar-refractivity contribution in [1.29, 1.82) is 0 Å². The minimum absolute atomic E-state index is 0.0604. The highest BCUT2D eigenvalue weighted by molar-refractivity contribution is 7.09. The Kier molecular flexibility index (Phi) is 3.89. The normalized spacial score (nSPS) is 12.6. The predicted octanol–water partition coefficient (Wildman–Crippen LogP) is 1.57. The lowest BCUT2D eigenvalue weighted by atomic mass is 10.1. The number of hydrogen-bond donors (Lipinski definition) is 2. The van der Waals surface area contributed by atoms with Gasteiger partial charge in [-0.15, -0.1) is 0 Å². The summed E-state index contributed by atoms with van der Waals surface area (Å²) in [4.78, 5) is 0.949. The molecule has 0 saturated heterocycles. The van der Waals surface area contributed by atoms with Gasteiger partial charge < -0.3 is 10.2 Å². The van der Waals surface area contributed by atoms with Crippen LogP contribution in [0.3, 0.4) is 0 Å². The van der Waals surface area contributed by atoms with Crippen molar-refractivity contribution < 1.29 is 14.8 Å². The van der Waals surface area contributed by atoms with Crippen molar-refractivity contribution in [2.24, 2.45) is 0 Å². The highest BCUT2D eigenvalue weighted by atomic mass is 32.1. The van der Waals surface area contributed by atoms with E-state index in [1.54, 1.807) is 0 Å². The monoisotopic (exact) mass is 250 g/mol. The van der Waals surface area contributed by atoms with E-state index in [1.807, 2.05) is 47.3 Å². The second-order valence-electron chi connectivity index (χ2n) is 3.97. The first-order chi connectivity index (χ1) is 8.22. The molecule has 17 heavy (non-hydrogen) atoms. The third-order valence-electron chi connectivity index (χ3n) is 2.85. The van der Waals surface area contributed by atoms with E-state index in [0.717, 1.165) is 16.1 Å². The zero-order chi connectivity index (χ0) is 12.3. The molecule has 0 aliphatic carbocycles. The van der Waals surface area contributed by atoms with Crippen molar-refractivity contribution >= 4 is 11.3 Å². The third-order valence-corrected chi connectivity index (χ3v) is 3.92. The first-order valence-corrected chi connectivity index (χ1v) is 6.40. The molecule has 0 aliphatic rings. The van der Waals surface area contributed by atoms with Gasteiger partial charge in [0.05, 0.1) is 6.61 Å². The van der Waals surface area contributed by atoms with E-state index in [0.29, 0.717) is 6.54 Å². The number of hydrogen-bond acceptors (Lipinski definition) is 3. The van der Waals surface area contributed by atoms with E-state index < -0.39 is 6.10 Å². The van der Waals surface area contributed by atoms with E-state index in [-0.39, 0.29) is 6.61 Å². The molecule has 4 heteroatoms. The zero-order valence-electron chi connectivity index (χ0n) is 9.71. The number of nitrogens with zero attached hydrogens (tertiary/aromatic N) is 1. The van der Waals surface area contributed by atoms with Crippen molar-refractivity contribution in [2.45, 2.75) is 26.2 Å². The van der Waals surface area contributed by atoms with Crippen molar-refractivity contribution in [2.75, 3.05) is 0 Å². The maximum atomic E-state index is 10.1. The summed E-state index contributed by atoms with van der Waals surface area (Å²) in [6.07, 6.45) is -0.513. The van der Waals surface area contributed by atoms with Crippen LogP contribution >= 0.6 is 11.3 Å². The Morgan fingerprint density at radius 1 is 1.29 bits per heavy atom. The highest BCUT2D eigenvalue weighted by Crippen LogP contribution is 2.15. The highest BCUT2D eigenvalue weighted by Gasteiger charge is 2.19. The first kappa shape index (κ1) is 12.2. The SMILES string of the molecule is Cc1c(CO)sc[n+]1CC(O)c1ccccc1. The molecule has 2 N–H and O–H groups in total. The molecule has 90 valence electrons. The maximum Gasteiger partial charge on any atom is 0.225 e. The fraction of sp³-hybridized carbons (Fsp3) is 0.308. The fourth-order valence-corrected chi connectivity index (χ4v) is 2.61. The molecular weight excluding hydrogens is 234 g/mol. The topological polar surface area (TPSA) is 44.3 Å². The summed E-state index contributed by atoms with van der Waals surface area (Å²) >= 11 is 1.52. The van der Waals surface area contributed by atoms with Gasteiger partial charge in [0.15, 0.2) is 12.2 Å². The zero-order valence-corrected chi connectivity index (χ0v) is 10.5. The van der Waals surface area contributed by atoms with E-state index in [1.165, 1.54) is 11.3 Å². The molecule has 1 unspecified atom stereocenters. The molecule has 2 rings (SSSR count). The molecule has 2 aromatic rings. The van der Waals surface area contributed by atoms with Gasteiger partial charge in [-0.25, -0.2) is 0 Å². The van der Waals surface area contributed by atoms with Crippen LogP contribution in [0, 0.1) is 6.92 Å². The maximum absolute atomic E-state index is 10.1. The van der Waals surface area contributed by atoms with Crippen LogP contribution in [0.1, 0.15) is 22.2 Å². The summed E-state index contributed by atoms with van der Waals surface area (Å²) in [6.45, 7) is 2.54. The smallest absolute Gasteiger partial charge is 0.225 e. The molecule has 0 radical (unpaired) electrons. The summed E-state index contributed by atoms with van der Waals surface area (Å²) in [5, 5.41) is 19.2. The Morgan fingerprint density at radius 2 is 2.00 bits per heavy atom. The van der Waals surface area contributed by atoms with E-state index in [4.69, 9.17) is 5.11 Å². The average molecular weight is 250 g/mol. The third kappa shape index (κ3) is 2.72. The Balaban J connectivity index is 2.13. The molecule has 0 saturated carbocycles. The Bertz CT molecular complexity index is 481. The van der Waals surface area contributed by atoms with Crippen molar-refractivity contribution in [3.05, 3.63) is 52.0 Å². The van der Waals surface area contributed by atoms with Crippen LogP contribution in [-0.4, -0.2) is 10.2 Å². The molecule has 0 bridgehead atoms. The van der Waals surface area contributed by atoms with Gasteiger partial charge in [-0.05, 0) is 5.56 Å². The second kappa shape index (κ2) is 5.40. The standard InChI is InChI=1S/C13H16NO2S/c1-10-13(8-15)17-9-14(10)7-12(16)11-5-3-2-4-6-11/h2-6,9,12,15-16H,7-8H2,1H3/q+1. The molecule has 0 aliphatic heterocycles. The number of rotatable bonds is 4. The first-order valence-electron chi connectivity index (χ1n) is 5.52. The lowest BCUT2D eigenvalue weighted by Gasteiger charge is -2.06. The van der Waals surface area contributed by atoms with Gasteiger partial charge in [-0.3, -0.25) is 0 Å². The summed E-state index contributed by atoms with van der Waals surface area (Å²) in [5.41, 5.74) is 3.87. The molecule has 1 aromatic heterocycles. The van der Waals surface area contributed by atoms with Crippen LogP contribution in [0.5, 0.6) is 0 Å². The summed E-state index contributed by atoms with van der Waals surface area (Å²) in [5.74, 6) is 0. The van der Waals surface area contributed by atoms with E-state index in [2.05, 4.69) is 0 Å². The van der Waals surface area contributed by atoms with Crippen LogP contribution in [0.25, 0.3) is 0 Å². The van der Waals surface area contributed by atoms with Gasteiger partial charge in [-0.1, -0.05) is 41.7 Å². The number of benzene rings is 1. The van der Waals surface area contributed by atoms with Crippen LogP contribution < -0.4 is 4.57 Å². The quantitative estimate of drug-likeness (QED) is 0.809. The van der Waals surface area contributed by atoms with Crippen molar-refractivity contribution in [3.8, 4) is 0 Å². The van der Waals surface area contributed by atoms with Gasteiger partial charge >= 0.3 is 0 Å². The largest absolute Gasteiger partial charge is 0.391 e. The number of thiazole rings is 1. The number of aliphatic hydroxyl groups is 2.